The highest BCUT2D eigenvalue weighted by molar-refractivity contribution is 4.85. The Labute approximate surface area is 145 Å². The predicted octanol–water partition coefficient (Wildman–Crippen LogP) is 2.67. The number of hydrogen-bond acceptors (Lipinski definition) is 4. The van der Waals surface area contributed by atoms with Crippen molar-refractivity contribution in [2.75, 3.05) is 52.4 Å². The van der Waals surface area contributed by atoms with E-state index in [9.17, 15) is 0 Å². The summed E-state index contributed by atoms with van der Waals surface area (Å²) in [6.45, 7) is 13.3. The summed E-state index contributed by atoms with van der Waals surface area (Å²) >= 11 is 0. The van der Waals surface area contributed by atoms with Crippen molar-refractivity contribution >= 4 is 0 Å². The molecule has 0 unspecified atom stereocenters. The van der Waals surface area contributed by atoms with Crippen molar-refractivity contribution in [2.45, 2.75) is 58.8 Å². The summed E-state index contributed by atoms with van der Waals surface area (Å²) in [7, 11) is 0. The standard InChI is InChI=1S/C19H42N4/c1-3-12-20-14-6-5-7-15-22-17-10-11-19-23-18-9-8-16-21-13-4-2/h10-11,20-23H,3-9,12-19H2,1-2H3/b11-10+. The van der Waals surface area contributed by atoms with Crippen molar-refractivity contribution in [3.05, 3.63) is 12.2 Å². The monoisotopic (exact) mass is 326 g/mol. The summed E-state index contributed by atoms with van der Waals surface area (Å²) in [5, 5.41) is 13.8. The van der Waals surface area contributed by atoms with Gasteiger partial charge >= 0.3 is 0 Å². The predicted molar refractivity (Wildman–Crippen MR) is 104 cm³/mol. The van der Waals surface area contributed by atoms with Crippen LogP contribution in [-0.2, 0) is 0 Å². The van der Waals surface area contributed by atoms with Crippen molar-refractivity contribution in [1.82, 2.24) is 21.3 Å². The molecule has 0 aliphatic heterocycles. The molecule has 138 valence electrons. The van der Waals surface area contributed by atoms with E-state index in [-0.39, 0.29) is 0 Å². The maximum Gasteiger partial charge on any atom is 0.0135 e. The number of nitrogens with one attached hydrogen (secondary N) is 4. The minimum Gasteiger partial charge on any atom is -0.317 e. The zero-order valence-corrected chi connectivity index (χ0v) is 15.8. The molecule has 0 atom stereocenters. The van der Waals surface area contributed by atoms with Crippen LogP contribution < -0.4 is 21.3 Å². The van der Waals surface area contributed by atoms with Crippen LogP contribution in [0.15, 0.2) is 12.2 Å². The van der Waals surface area contributed by atoms with E-state index in [0.29, 0.717) is 0 Å². The lowest BCUT2D eigenvalue weighted by atomic mass is 10.2. The maximum atomic E-state index is 3.47. The van der Waals surface area contributed by atoms with Gasteiger partial charge in [0.15, 0.2) is 0 Å². The van der Waals surface area contributed by atoms with Crippen LogP contribution >= 0.6 is 0 Å². The third kappa shape index (κ3) is 21.6. The van der Waals surface area contributed by atoms with Crippen LogP contribution in [0.5, 0.6) is 0 Å². The van der Waals surface area contributed by atoms with Gasteiger partial charge in [-0.1, -0.05) is 32.4 Å². The first kappa shape index (κ1) is 22.6. The summed E-state index contributed by atoms with van der Waals surface area (Å²) in [4.78, 5) is 0. The quantitative estimate of drug-likeness (QED) is 0.218. The molecule has 4 heteroatoms. The summed E-state index contributed by atoms with van der Waals surface area (Å²) in [6, 6.07) is 0. The Kier molecular flexibility index (Phi) is 21.2. The number of rotatable bonds is 19. The van der Waals surface area contributed by atoms with Crippen LogP contribution in [0.1, 0.15) is 58.8 Å². The highest BCUT2D eigenvalue weighted by Gasteiger charge is 1.90. The summed E-state index contributed by atoms with van der Waals surface area (Å²) in [5.41, 5.74) is 0. The van der Waals surface area contributed by atoms with Gasteiger partial charge < -0.3 is 21.3 Å². The van der Waals surface area contributed by atoms with Crippen molar-refractivity contribution in [1.29, 1.82) is 0 Å². The molecule has 23 heavy (non-hydrogen) atoms. The van der Waals surface area contributed by atoms with Crippen molar-refractivity contribution in [3.63, 3.8) is 0 Å². The third-order valence-electron chi connectivity index (χ3n) is 3.71. The third-order valence-corrected chi connectivity index (χ3v) is 3.71. The van der Waals surface area contributed by atoms with Gasteiger partial charge in [-0.2, -0.15) is 0 Å². The second-order valence-corrected chi connectivity index (χ2v) is 6.15. The Morgan fingerprint density at radius 1 is 0.478 bits per heavy atom. The van der Waals surface area contributed by atoms with Crippen LogP contribution in [0.25, 0.3) is 0 Å². The summed E-state index contributed by atoms with van der Waals surface area (Å²) < 4.78 is 0. The summed E-state index contributed by atoms with van der Waals surface area (Å²) in [6.07, 6.45) is 13.4. The Morgan fingerprint density at radius 2 is 0.870 bits per heavy atom. The minimum absolute atomic E-state index is 0.993. The Balaban J connectivity index is 3.03. The fourth-order valence-corrected chi connectivity index (χ4v) is 2.32. The van der Waals surface area contributed by atoms with Gasteiger partial charge in [-0.05, 0) is 77.8 Å². The molecule has 4 N–H and O–H groups in total. The van der Waals surface area contributed by atoms with Gasteiger partial charge in [0.25, 0.3) is 0 Å². The van der Waals surface area contributed by atoms with E-state index in [0.717, 1.165) is 45.8 Å². The van der Waals surface area contributed by atoms with Gasteiger partial charge in [0.2, 0.25) is 0 Å². The molecular weight excluding hydrogens is 284 g/mol. The average Bonchev–Trinajstić information content (AvgIpc) is 2.57. The lowest BCUT2D eigenvalue weighted by Gasteiger charge is -2.04. The van der Waals surface area contributed by atoms with Gasteiger partial charge in [0.05, 0.1) is 0 Å². The second-order valence-electron chi connectivity index (χ2n) is 6.15. The Bertz CT molecular complexity index is 231. The Hall–Kier alpha value is -0.420. The highest BCUT2D eigenvalue weighted by Crippen LogP contribution is 1.92. The smallest absolute Gasteiger partial charge is 0.0135 e. The van der Waals surface area contributed by atoms with E-state index < -0.39 is 0 Å². The van der Waals surface area contributed by atoms with Crippen molar-refractivity contribution < 1.29 is 0 Å². The van der Waals surface area contributed by atoms with Crippen LogP contribution in [0.3, 0.4) is 0 Å². The molecule has 0 aromatic rings. The fraction of sp³-hybridized carbons (Fsp3) is 0.895. The van der Waals surface area contributed by atoms with Crippen LogP contribution in [0.2, 0.25) is 0 Å². The lowest BCUT2D eigenvalue weighted by molar-refractivity contribution is 0.581. The molecule has 0 aromatic carbocycles. The van der Waals surface area contributed by atoms with Gasteiger partial charge in [0, 0.05) is 13.1 Å². The molecule has 0 amide bonds. The maximum absolute atomic E-state index is 3.47. The largest absolute Gasteiger partial charge is 0.317 e. The van der Waals surface area contributed by atoms with E-state index >= 15 is 0 Å². The van der Waals surface area contributed by atoms with E-state index in [4.69, 9.17) is 0 Å². The molecule has 0 saturated heterocycles. The fourth-order valence-electron chi connectivity index (χ4n) is 2.32. The molecule has 4 nitrogen and oxygen atoms in total. The molecular formula is C19H42N4. The molecule has 0 radical (unpaired) electrons. The molecule has 0 heterocycles. The normalized spacial score (nSPS) is 11.6. The van der Waals surface area contributed by atoms with Crippen LogP contribution in [0, 0.1) is 0 Å². The molecule has 0 aliphatic rings. The van der Waals surface area contributed by atoms with E-state index in [1.165, 1.54) is 51.5 Å². The van der Waals surface area contributed by atoms with Crippen molar-refractivity contribution in [2.24, 2.45) is 0 Å². The first-order valence-corrected chi connectivity index (χ1v) is 9.89. The first-order chi connectivity index (χ1) is 11.4. The second kappa shape index (κ2) is 21.6. The SMILES string of the molecule is CCCNCCCCCNC/C=C/CNCCCCNCCC. The van der Waals surface area contributed by atoms with Gasteiger partial charge in [0.1, 0.15) is 0 Å². The van der Waals surface area contributed by atoms with E-state index in [2.05, 4.69) is 47.3 Å². The number of unbranched alkanes of at least 4 members (excludes halogenated alkanes) is 3. The molecule has 0 aromatic heterocycles. The van der Waals surface area contributed by atoms with E-state index in [1.54, 1.807) is 0 Å². The van der Waals surface area contributed by atoms with Gasteiger partial charge in [-0.25, -0.2) is 0 Å². The molecule has 0 rings (SSSR count). The van der Waals surface area contributed by atoms with Crippen molar-refractivity contribution in [3.8, 4) is 0 Å². The molecule has 0 fully saturated rings. The van der Waals surface area contributed by atoms with Crippen LogP contribution in [0.4, 0.5) is 0 Å². The first-order valence-electron chi connectivity index (χ1n) is 9.89. The molecule has 0 spiro atoms. The zero-order chi connectivity index (χ0) is 16.8. The lowest BCUT2D eigenvalue weighted by Crippen LogP contribution is -2.20. The molecule has 0 aliphatic carbocycles. The number of hydrogen-bond donors (Lipinski definition) is 4. The minimum atomic E-state index is 0.993. The zero-order valence-electron chi connectivity index (χ0n) is 15.8. The van der Waals surface area contributed by atoms with Crippen LogP contribution in [-0.4, -0.2) is 52.4 Å². The molecule has 0 bridgehead atoms. The molecule has 0 saturated carbocycles. The Morgan fingerprint density at radius 3 is 1.30 bits per heavy atom. The van der Waals surface area contributed by atoms with Gasteiger partial charge in [-0.15, -0.1) is 0 Å². The van der Waals surface area contributed by atoms with Gasteiger partial charge in [-0.3, -0.25) is 0 Å². The highest BCUT2D eigenvalue weighted by atomic mass is 14.9. The van der Waals surface area contributed by atoms with E-state index in [1.807, 2.05) is 0 Å². The summed E-state index contributed by atoms with van der Waals surface area (Å²) in [5.74, 6) is 0. The average molecular weight is 327 g/mol. The topological polar surface area (TPSA) is 48.1 Å².